The molecule has 2 aromatic carbocycles. The zero-order valence-corrected chi connectivity index (χ0v) is 24.1. The number of carbonyl (C=O) groups excluding carboxylic acids is 2. The second kappa shape index (κ2) is 11.1. The molecule has 0 spiro atoms. The zero-order chi connectivity index (χ0) is 29.4. The molecule has 41 heavy (non-hydrogen) atoms. The molecule has 210 valence electrons. The van der Waals surface area contributed by atoms with Gasteiger partial charge in [0, 0.05) is 38.9 Å². The molecule has 0 unspecified atom stereocenters. The van der Waals surface area contributed by atoms with E-state index < -0.39 is 17.2 Å². The summed E-state index contributed by atoms with van der Waals surface area (Å²) in [6.07, 6.45) is 3.08. The Labute approximate surface area is 243 Å². The Balaban J connectivity index is 1.43. The van der Waals surface area contributed by atoms with E-state index >= 15 is 0 Å². The van der Waals surface area contributed by atoms with Crippen molar-refractivity contribution in [2.45, 2.75) is 6.54 Å². The highest BCUT2D eigenvalue weighted by Crippen LogP contribution is 2.36. The van der Waals surface area contributed by atoms with E-state index in [4.69, 9.17) is 11.6 Å². The second-order valence-corrected chi connectivity index (χ2v) is 10.8. The number of hydrogen-bond donors (Lipinski definition) is 1. The van der Waals surface area contributed by atoms with Gasteiger partial charge in [0.25, 0.3) is 17.4 Å². The fraction of sp³-hybridized carbons (Fsp3) is 0.185. The van der Waals surface area contributed by atoms with Crippen LogP contribution >= 0.6 is 23.4 Å². The molecule has 2 aromatic heterocycles. The summed E-state index contributed by atoms with van der Waals surface area (Å²) in [5.41, 5.74) is 4.03. The molecule has 0 radical (unpaired) electrons. The number of thioether (sulfide) groups is 1. The summed E-state index contributed by atoms with van der Waals surface area (Å²) in [4.78, 5) is 59.2. The maximum atomic E-state index is 13.5. The highest BCUT2D eigenvalue weighted by molar-refractivity contribution is 8.19. The average molecular weight is 593 g/mol. The van der Waals surface area contributed by atoms with Crippen LogP contribution in [0.2, 0.25) is 5.02 Å². The molecule has 14 heteroatoms. The van der Waals surface area contributed by atoms with Crippen LogP contribution < -0.4 is 26.5 Å². The van der Waals surface area contributed by atoms with Gasteiger partial charge in [0.05, 0.1) is 16.9 Å². The number of amidine groups is 1. The highest BCUT2D eigenvalue weighted by Gasteiger charge is 2.35. The summed E-state index contributed by atoms with van der Waals surface area (Å²) >= 11 is 7.16. The fourth-order valence-electron chi connectivity index (χ4n) is 4.20. The number of nitrogens with zero attached hydrogens (tertiary/aromatic N) is 7. The first-order chi connectivity index (χ1) is 19.5. The van der Waals surface area contributed by atoms with Gasteiger partial charge in [-0.25, -0.2) is 15.2 Å². The van der Waals surface area contributed by atoms with Crippen LogP contribution in [0.3, 0.4) is 0 Å². The SMILES string of the molecule is CN(C)c1ccc(/C=C2/S/C(=N\NC(=O)Cn3cnc4c3c(=O)n(C)c(=O)n4C)N(c3ccc(Cl)cc3)C2=O)cc1. The van der Waals surface area contributed by atoms with Crippen LogP contribution in [0.4, 0.5) is 11.4 Å². The van der Waals surface area contributed by atoms with Crippen molar-refractivity contribution in [3.05, 3.63) is 91.2 Å². The van der Waals surface area contributed by atoms with Crippen molar-refractivity contribution in [2.75, 3.05) is 23.9 Å². The van der Waals surface area contributed by atoms with Crippen molar-refractivity contribution in [3.8, 4) is 0 Å². The molecule has 12 nitrogen and oxygen atoms in total. The molecule has 0 bridgehead atoms. The van der Waals surface area contributed by atoms with E-state index in [1.165, 1.54) is 34.5 Å². The Hall–Kier alpha value is -4.62. The molecule has 1 saturated heterocycles. The number of halogens is 1. The van der Waals surface area contributed by atoms with E-state index in [-0.39, 0.29) is 28.8 Å². The Kier molecular flexibility index (Phi) is 7.56. The largest absolute Gasteiger partial charge is 0.378 e. The highest BCUT2D eigenvalue weighted by atomic mass is 35.5. The number of hydrogen-bond acceptors (Lipinski definition) is 8. The molecule has 1 aliphatic heterocycles. The number of aromatic nitrogens is 4. The van der Waals surface area contributed by atoms with E-state index in [1.807, 2.05) is 43.3 Å². The van der Waals surface area contributed by atoms with Gasteiger partial charge in [0.15, 0.2) is 16.3 Å². The van der Waals surface area contributed by atoms with Crippen molar-refractivity contribution in [1.29, 1.82) is 0 Å². The summed E-state index contributed by atoms with van der Waals surface area (Å²) in [5, 5.41) is 4.99. The quantitative estimate of drug-likeness (QED) is 0.269. The van der Waals surface area contributed by atoms with Crippen molar-refractivity contribution in [3.63, 3.8) is 0 Å². The number of aryl methyl sites for hydroxylation is 1. The monoisotopic (exact) mass is 592 g/mol. The van der Waals surface area contributed by atoms with E-state index in [0.717, 1.165) is 27.6 Å². The first kappa shape index (κ1) is 27.9. The Morgan fingerprint density at radius 2 is 1.73 bits per heavy atom. The van der Waals surface area contributed by atoms with E-state index in [2.05, 4.69) is 15.5 Å². The first-order valence-corrected chi connectivity index (χ1v) is 13.5. The van der Waals surface area contributed by atoms with Gasteiger partial charge in [-0.1, -0.05) is 23.7 Å². The number of hydrazone groups is 1. The van der Waals surface area contributed by atoms with Crippen LogP contribution in [0.15, 0.2) is 74.5 Å². The molecule has 2 amide bonds. The molecule has 0 atom stereocenters. The third-order valence-corrected chi connectivity index (χ3v) is 7.63. The number of rotatable bonds is 6. The molecule has 0 aliphatic carbocycles. The number of nitrogens with one attached hydrogen (secondary N) is 1. The summed E-state index contributed by atoms with van der Waals surface area (Å²) in [7, 11) is 6.74. The fourth-order valence-corrected chi connectivity index (χ4v) is 5.27. The minimum absolute atomic E-state index is 0.108. The van der Waals surface area contributed by atoms with E-state index in [9.17, 15) is 19.2 Å². The molecule has 3 heterocycles. The molecular formula is C27H25ClN8O4S. The molecule has 0 saturated carbocycles. The number of amides is 2. The van der Waals surface area contributed by atoms with Crippen LogP contribution in [-0.4, -0.2) is 49.8 Å². The van der Waals surface area contributed by atoms with Crippen molar-refractivity contribution < 1.29 is 9.59 Å². The lowest BCUT2D eigenvalue weighted by molar-refractivity contribution is -0.121. The van der Waals surface area contributed by atoms with Gasteiger partial charge in [0.2, 0.25) is 0 Å². The van der Waals surface area contributed by atoms with E-state index in [1.54, 1.807) is 30.3 Å². The lowest BCUT2D eigenvalue weighted by Gasteiger charge is -2.15. The molecule has 1 N–H and O–H groups in total. The predicted octanol–water partition coefficient (Wildman–Crippen LogP) is 2.36. The minimum atomic E-state index is -0.570. The number of benzene rings is 2. The maximum Gasteiger partial charge on any atom is 0.332 e. The topological polar surface area (TPSA) is 127 Å². The molecular weight excluding hydrogens is 568 g/mol. The van der Waals surface area contributed by atoms with Gasteiger partial charge in [-0.05, 0) is 59.8 Å². The molecule has 5 rings (SSSR count). The summed E-state index contributed by atoms with van der Waals surface area (Å²) in [6.45, 7) is -0.290. The number of fused-ring (bicyclic) bond motifs is 1. The number of anilines is 2. The number of imidazole rings is 1. The summed E-state index contributed by atoms with van der Waals surface area (Å²) < 4.78 is 3.53. The van der Waals surface area contributed by atoms with Crippen LogP contribution in [-0.2, 0) is 30.2 Å². The van der Waals surface area contributed by atoms with Crippen molar-refractivity contribution in [2.24, 2.45) is 19.2 Å². The maximum absolute atomic E-state index is 13.5. The van der Waals surface area contributed by atoms with Crippen LogP contribution in [0.5, 0.6) is 0 Å². The van der Waals surface area contributed by atoms with Gasteiger partial charge in [-0.2, -0.15) is 0 Å². The Morgan fingerprint density at radius 1 is 1.05 bits per heavy atom. The number of carbonyl (C=O) groups is 2. The Bertz CT molecular complexity index is 1850. The van der Waals surface area contributed by atoms with Crippen molar-refractivity contribution >= 4 is 69.0 Å². The lowest BCUT2D eigenvalue weighted by Crippen LogP contribution is -2.38. The molecule has 1 aliphatic rings. The van der Waals surface area contributed by atoms with Gasteiger partial charge >= 0.3 is 5.69 Å². The Morgan fingerprint density at radius 3 is 2.39 bits per heavy atom. The lowest BCUT2D eigenvalue weighted by atomic mass is 10.2. The predicted molar refractivity (Wildman–Crippen MR) is 161 cm³/mol. The third kappa shape index (κ3) is 5.41. The van der Waals surface area contributed by atoms with E-state index in [0.29, 0.717) is 15.6 Å². The standard InChI is InChI=1S/C27H25ClN8O4S/c1-32(2)18-9-5-16(6-10-18)13-20-24(38)36(19-11-7-17(28)8-12-19)26(41-20)31-30-21(37)14-35-15-29-23-22(35)25(39)34(4)27(40)33(23)3/h5-13,15H,14H2,1-4H3,(H,30,37)/b20-13+,31-26-. The van der Waals surface area contributed by atoms with Gasteiger partial charge in [0.1, 0.15) is 6.54 Å². The van der Waals surface area contributed by atoms with Crippen LogP contribution in [0.25, 0.3) is 17.2 Å². The third-order valence-electron chi connectivity index (χ3n) is 6.41. The second-order valence-electron chi connectivity index (χ2n) is 9.39. The molecule has 4 aromatic rings. The van der Waals surface area contributed by atoms with Gasteiger partial charge < -0.3 is 9.47 Å². The zero-order valence-electron chi connectivity index (χ0n) is 22.5. The molecule has 1 fully saturated rings. The normalized spacial score (nSPS) is 15.3. The van der Waals surface area contributed by atoms with Gasteiger partial charge in [-0.3, -0.25) is 28.4 Å². The average Bonchev–Trinajstić information content (AvgIpc) is 3.51. The first-order valence-electron chi connectivity index (χ1n) is 12.3. The van der Waals surface area contributed by atoms with Crippen LogP contribution in [0.1, 0.15) is 5.56 Å². The van der Waals surface area contributed by atoms with Gasteiger partial charge in [-0.15, -0.1) is 5.10 Å². The smallest absolute Gasteiger partial charge is 0.332 e. The van der Waals surface area contributed by atoms with Crippen molar-refractivity contribution in [1.82, 2.24) is 24.1 Å². The minimum Gasteiger partial charge on any atom is -0.378 e. The summed E-state index contributed by atoms with van der Waals surface area (Å²) in [6, 6.07) is 14.4. The van der Waals surface area contributed by atoms with Crippen LogP contribution in [0, 0.1) is 0 Å². The summed E-state index contributed by atoms with van der Waals surface area (Å²) in [5.74, 6) is -0.874.